The minimum absolute atomic E-state index is 0.0843. The van der Waals surface area contributed by atoms with Gasteiger partial charge in [0, 0.05) is 6.54 Å². The van der Waals surface area contributed by atoms with Crippen molar-refractivity contribution in [1.82, 2.24) is 10.6 Å². The van der Waals surface area contributed by atoms with Crippen LogP contribution in [0.25, 0.3) is 0 Å². The molecule has 2 unspecified atom stereocenters. The lowest BCUT2D eigenvalue weighted by Crippen LogP contribution is -2.42. The largest absolute Gasteiger partial charge is 0.354 e. The number of carbonyl (C=O) groups is 1. The van der Waals surface area contributed by atoms with Crippen molar-refractivity contribution in [3.8, 4) is 0 Å². The molecule has 3 heteroatoms. The van der Waals surface area contributed by atoms with Gasteiger partial charge in [-0.25, -0.2) is 0 Å². The Morgan fingerprint density at radius 3 is 2.88 bits per heavy atom. The van der Waals surface area contributed by atoms with Gasteiger partial charge in [-0.05, 0) is 44.1 Å². The molecule has 0 radical (unpaired) electrons. The first-order chi connectivity index (χ1) is 7.75. The summed E-state index contributed by atoms with van der Waals surface area (Å²) in [6.45, 7) is 4.21. The predicted molar refractivity (Wildman–Crippen MR) is 65.2 cm³/mol. The second-order valence-corrected chi connectivity index (χ2v) is 5.53. The highest BCUT2D eigenvalue weighted by atomic mass is 16.2. The lowest BCUT2D eigenvalue weighted by Gasteiger charge is -2.27. The Bertz CT molecular complexity index is 236. The van der Waals surface area contributed by atoms with Crippen molar-refractivity contribution in [3.63, 3.8) is 0 Å². The highest BCUT2D eigenvalue weighted by Crippen LogP contribution is 2.27. The monoisotopic (exact) mass is 224 g/mol. The molecule has 0 aromatic carbocycles. The summed E-state index contributed by atoms with van der Waals surface area (Å²) in [7, 11) is 0. The van der Waals surface area contributed by atoms with Crippen LogP contribution in [-0.2, 0) is 4.79 Å². The fraction of sp³-hybridized carbons (Fsp3) is 0.923. The molecule has 3 nitrogen and oxygen atoms in total. The van der Waals surface area contributed by atoms with Crippen LogP contribution in [-0.4, -0.2) is 25.0 Å². The molecule has 2 N–H and O–H groups in total. The van der Waals surface area contributed by atoms with Gasteiger partial charge in [0.25, 0.3) is 0 Å². The second-order valence-electron chi connectivity index (χ2n) is 5.53. The van der Waals surface area contributed by atoms with Crippen molar-refractivity contribution in [1.29, 1.82) is 0 Å². The van der Waals surface area contributed by atoms with Crippen LogP contribution in [0.5, 0.6) is 0 Å². The molecule has 2 rings (SSSR count). The Morgan fingerprint density at radius 2 is 2.19 bits per heavy atom. The van der Waals surface area contributed by atoms with E-state index in [-0.39, 0.29) is 11.9 Å². The van der Waals surface area contributed by atoms with Gasteiger partial charge >= 0.3 is 0 Å². The third-order valence-corrected chi connectivity index (χ3v) is 3.99. The Kier molecular flexibility index (Phi) is 4.22. The van der Waals surface area contributed by atoms with Crippen molar-refractivity contribution < 1.29 is 4.79 Å². The fourth-order valence-electron chi connectivity index (χ4n) is 3.02. The van der Waals surface area contributed by atoms with Crippen LogP contribution in [0.4, 0.5) is 0 Å². The van der Waals surface area contributed by atoms with Gasteiger partial charge in [-0.2, -0.15) is 0 Å². The zero-order chi connectivity index (χ0) is 11.4. The Morgan fingerprint density at radius 1 is 1.31 bits per heavy atom. The fourth-order valence-corrected chi connectivity index (χ4v) is 3.02. The molecule has 1 heterocycles. The van der Waals surface area contributed by atoms with E-state index >= 15 is 0 Å². The molecular formula is C13H24N2O. The van der Waals surface area contributed by atoms with Crippen LogP contribution >= 0.6 is 0 Å². The maximum absolute atomic E-state index is 11.8. The molecule has 2 fully saturated rings. The van der Waals surface area contributed by atoms with E-state index in [1.54, 1.807) is 0 Å². The quantitative estimate of drug-likeness (QED) is 0.766. The maximum Gasteiger partial charge on any atom is 0.237 e. The molecule has 16 heavy (non-hydrogen) atoms. The SMILES string of the molecule is CC1CCCC(CNC(=O)[C@H]2CCCN2)C1. The minimum Gasteiger partial charge on any atom is -0.354 e. The minimum atomic E-state index is 0.0843. The van der Waals surface area contributed by atoms with Crippen LogP contribution in [0.1, 0.15) is 45.4 Å². The van der Waals surface area contributed by atoms with E-state index in [0.717, 1.165) is 31.8 Å². The zero-order valence-corrected chi connectivity index (χ0v) is 10.3. The van der Waals surface area contributed by atoms with Crippen molar-refractivity contribution in [2.75, 3.05) is 13.1 Å². The number of hydrogen-bond donors (Lipinski definition) is 2. The summed E-state index contributed by atoms with van der Waals surface area (Å²) < 4.78 is 0. The summed E-state index contributed by atoms with van der Waals surface area (Å²) in [5.74, 6) is 1.78. The van der Waals surface area contributed by atoms with E-state index in [4.69, 9.17) is 0 Å². The average Bonchev–Trinajstić information content (AvgIpc) is 2.79. The number of rotatable bonds is 3. The van der Waals surface area contributed by atoms with E-state index in [1.807, 2.05) is 0 Å². The van der Waals surface area contributed by atoms with E-state index in [2.05, 4.69) is 17.6 Å². The molecule has 0 spiro atoms. The number of amides is 1. The van der Waals surface area contributed by atoms with Crippen LogP contribution in [0.3, 0.4) is 0 Å². The van der Waals surface area contributed by atoms with Gasteiger partial charge in [-0.1, -0.05) is 19.8 Å². The lowest BCUT2D eigenvalue weighted by molar-refractivity contribution is -0.123. The topological polar surface area (TPSA) is 41.1 Å². The van der Waals surface area contributed by atoms with Crippen LogP contribution in [0, 0.1) is 11.8 Å². The normalized spacial score (nSPS) is 34.9. The van der Waals surface area contributed by atoms with Crippen LogP contribution < -0.4 is 10.6 Å². The van der Waals surface area contributed by atoms with Crippen molar-refractivity contribution >= 4 is 5.91 Å². The van der Waals surface area contributed by atoms with Crippen molar-refractivity contribution in [2.24, 2.45) is 11.8 Å². The van der Waals surface area contributed by atoms with E-state index in [9.17, 15) is 4.79 Å². The Labute approximate surface area is 98.4 Å². The standard InChI is InChI=1S/C13H24N2O/c1-10-4-2-5-11(8-10)9-15-13(16)12-6-3-7-14-12/h10-12,14H,2-9H2,1H3,(H,15,16)/t10?,11?,12-/m1/s1. The molecule has 0 aromatic rings. The van der Waals surface area contributed by atoms with Gasteiger partial charge < -0.3 is 10.6 Å². The molecule has 0 bridgehead atoms. The van der Waals surface area contributed by atoms with Gasteiger partial charge in [0.1, 0.15) is 0 Å². The maximum atomic E-state index is 11.8. The molecule has 0 aromatic heterocycles. The summed E-state index contributed by atoms with van der Waals surface area (Å²) in [5, 5.41) is 6.35. The summed E-state index contributed by atoms with van der Waals surface area (Å²) in [4.78, 5) is 11.8. The predicted octanol–water partition coefficient (Wildman–Crippen LogP) is 1.68. The summed E-state index contributed by atoms with van der Waals surface area (Å²) in [5.41, 5.74) is 0. The summed E-state index contributed by atoms with van der Waals surface area (Å²) in [6.07, 6.45) is 7.44. The molecule has 1 saturated carbocycles. The van der Waals surface area contributed by atoms with Gasteiger partial charge in [0.15, 0.2) is 0 Å². The van der Waals surface area contributed by atoms with Gasteiger partial charge in [-0.15, -0.1) is 0 Å². The molecule has 1 aliphatic heterocycles. The first-order valence-corrected chi connectivity index (χ1v) is 6.77. The van der Waals surface area contributed by atoms with Crippen LogP contribution in [0.15, 0.2) is 0 Å². The Hall–Kier alpha value is -0.570. The molecular weight excluding hydrogens is 200 g/mol. The Balaban J connectivity index is 1.67. The number of nitrogens with one attached hydrogen (secondary N) is 2. The number of hydrogen-bond acceptors (Lipinski definition) is 2. The molecule has 1 saturated heterocycles. The van der Waals surface area contributed by atoms with Gasteiger partial charge in [0.2, 0.25) is 5.91 Å². The first-order valence-electron chi connectivity index (χ1n) is 6.77. The molecule has 2 aliphatic rings. The van der Waals surface area contributed by atoms with Gasteiger partial charge in [0.05, 0.1) is 6.04 Å². The van der Waals surface area contributed by atoms with Crippen LogP contribution in [0.2, 0.25) is 0 Å². The second kappa shape index (κ2) is 5.67. The highest BCUT2D eigenvalue weighted by molar-refractivity contribution is 5.81. The van der Waals surface area contributed by atoms with E-state index < -0.39 is 0 Å². The lowest BCUT2D eigenvalue weighted by atomic mass is 9.82. The molecule has 3 atom stereocenters. The van der Waals surface area contributed by atoms with Gasteiger partial charge in [-0.3, -0.25) is 4.79 Å². The smallest absolute Gasteiger partial charge is 0.237 e. The third kappa shape index (κ3) is 3.21. The average molecular weight is 224 g/mol. The zero-order valence-electron chi connectivity index (χ0n) is 10.3. The third-order valence-electron chi connectivity index (χ3n) is 3.99. The van der Waals surface area contributed by atoms with E-state index in [0.29, 0.717) is 5.92 Å². The van der Waals surface area contributed by atoms with Crippen molar-refractivity contribution in [3.05, 3.63) is 0 Å². The molecule has 92 valence electrons. The first kappa shape index (κ1) is 11.9. The molecule has 1 amide bonds. The van der Waals surface area contributed by atoms with E-state index in [1.165, 1.54) is 25.7 Å². The number of carbonyl (C=O) groups excluding carboxylic acids is 1. The van der Waals surface area contributed by atoms with Crippen molar-refractivity contribution in [2.45, 2.75) is 51.5 Å². The summed E-state index contributed by atoms with van der Waals surface area (Å²) in [6, 6.07) is 0.0843. The summed E-state index contributed by atoms with van der Waals surface area (Å²) >= 11 is 0. The highest BCUT2D eigenvalue weighted by Gasteiger charge is 2.24. The molecule has 1 aliphatic carbocycles.